The number of carbonyl (C=O) groups excluding carboxylic acids is 1. The molecule has 0 saturated carbocycles. The molecule has 0 aliphatic heterocycles. The maximum atomic E-state index is 11.5. The van der Waals surface area contributed by atoms with Gasteiger partial charge in [0, 0.05) is 6.08 Å². The highest BCUT2D eigenvalue weighted by Crippen LogP contribution is 2.12. The topological polar surface area (TPSA) is 26.3 Å². The first kappa shape index (κ1) is 13.5. The predicted octanol–water partition coefficient (Wildman–Crippen LogP) is 3.60. The predicted molar refractivity (Wildman–Crippen MR) is 70.7 cm³/mol. The first-order valence-corrected chi connectivity index (χ1v) is 5.91. The Morgan fingerprint density at radius 2 is 1.94 bits per heavy atom. The second kappa shape index (κ2) is 5.67. The molecule has 0 amide bonds. The summed E-state index contributed by atoms with van der Waals surface area (Å²) in [6.07, 6.45) is 4.25. The molecule has 92 valence electrons. The van der Waals surface area contributed by atoms with Crippen molar-refractivity contribution in [2.45, 2.75) is 39.7 Å². The van der Waals surface area contributed by atoms with Gasteiger partial charge < -0.3 is 4.74 Å². The van der Waals surface area contributed by atoms with Crippen LogP contribution in [0.5, 0.6) is 0 Å². The lowest BCUT2D eigenvalue weighted by Crippen LogP contribution is -2.22. The van der Waals surface area contributed by atoms with E-state index in [2.05, 4.69) is 13.0 Å². The molecule has 0 radical (unpaired) electrons. The van der Waals surface area contributed by atoms with Gasteiger partial charge in [0.05, 0.1) is 0 Å². The van der Waals surface area contributed by atoms with E-state index in [-0.39, 0.29) is 5.97 Å². The van der Waals surface area contributed by atoms with Crippen molar-refractivity contribution in [2.75, 3.05) is 0 Å². The van der Waals surface area contributed by atoms with Crippen molar-refractivity contribution in [1.29, 1.82) is 0 Å². The molecule has 0 atom stereocenters. The quantitative estimate of drug-likeness (QED) is 0.588. The highest BCUT2D eigenvalue weighted by Gasteiger charge is 2.13. The highest BCUT2D eigenvalue weighted by molar-refractivity contribution is 5.87. The zero-order valence-corrected chi connectivity index (χ0v) is 11.0. The number of esters is 1. The molecule has 0 spiro atoms. The Kier molecular flexibility index (Phi) is 4.50. The molecule has 0 unspecified atom stereocenters. The van der Waals surface area contributed by atoms with Gasteiger partial charge in [0.15, 0.2) is 0 Å². The molecular formula is C15H20O2. The minimum atomic E-state index is -0.439. The van der Waals surface area contributed by atoms with Crippen molar-refractivity contribution in [1.82, 2.24) is 0 Å². The van der Waals surface area contributed by atoms with Gasteiger partial charge in [-0.1, -0.05) is 31.2 Å². The maximum Gasteiger partial charge on any atom is 0.331 e. The molecule has 1 aromatic rings. The van der Waals surface area contributed by atoms with Crippen LogP contribution in [-0.4, -0.2) is 11.6 Å². The Morgan fingerprint density at radius 1 is 1.29 bits per heavy atom. The van der Waals surface area contributed by atoms with Crippen molar-refractivity contribution in [2.24, 2.45) is 0 Å². The molecule has 1 rings (SSSR count). The Hall–Kier alpha value is -1.57. The molecule has 0 fully saturated rings. The third-order valence-corrected chi connectivity index (χ3v) is 2.24. The first-order chi connectivity index (χ1) is 7.92. The van der Waals surface area contributed by atoms with Crippen LogP contribution in [0, 0.1) is 0 Å². The van der Waals surface area contributed by atoms with E-state index in [1.54, 1.807) is 0 Å². The minimum Gasteiger partial charge on any atom is -0.457 e. The van der Waals surface area contributed by atoms with E-state index in [1.165, 1.54) is 11.6 Å². The summed E-state index contributed by atoms with van der Waals surface area (Å²) in [6.45, 7) is 7.68. The van der Waals surface area contributed by atoms with E-state index < -0.39 is 5.60 Å². The Morgan fingerprint density at radius 3 is 2.53 bits per heavy atom. The summed E-state index contributed by atoms with van der Waals surface area (Å²) in [5.41, 5.74) is 1.86. The van der Waals surface area contributed by atoms with Crippen molar-refractivity contribution in [3.05, 3.63) is 41.5 Å². The van der Waals surface area contributed by atoms with Crippen LogP contribution < -0.4 is 0 Å². The number of benzene rings is 1. The van der Waals surface area contributed by atoms with Gasteiger partial charge in [-0.3, -0.25) is 0 Å². The lowest BCUT2D eigenvalue weighted by molar-refractivity contribution is -0.148. The van der Waals surface area contributed by atoms with Gasteiger partial charge in [0.1, 0.15) is 5.60 Å². The Balaban J connectivity index is 2.74. The largest absolute Gasteiger partial charge is 0.457 e. The zero-order valence-electron chi connectivity index (χ0n) is 11.0. The molecule has 1 aromatic carbocycles. The molecule has 0 saturated heterocycles. The van der Waals surface area contributed by atoms with Gasteiger partial charge in [-0.15, -0.1) is 0 Å². The van der Waals surface area contributed by atoms with Crippen molar-refractivity contribution >= 4 is 12.0 Å². The van der Waals surface area contributed by atoms with Gasteiger partial charge in [-0.2, -0.15) is 0 Å². The molecule has 0 heterocycles. The molecule has 0 bridgehead atoms. The van der Waals surface area contributed by atoms with Gasteiger partial charge >= 0.3 is 5.97 Å². The number of hydrogen-bond acceptors (Lipinski definition) is 2. The third-order valence-electron chi connectivity index (χ3n) is 2.24. The molecule has 0 aliphatic rings. The molecular weight excluding hydrogens is 212 g/mol. The number of hydrogen-bond donors (Lipinski definition) is 0. The molecule has 17 heavy (non-hydrogen) atoms. The first-order valence-electron chi connectivity index (χ1n) is 5.91. The lowest BCUT2D eigenvalue weighted by atomic mass is 10.1. The maximum absolute atomic E-state index is 11.5. The standard InChI is InChI=1S/C15H20O2/c1-5-12-8-6-7-9-13(12)10-11-14(16)17-15(2,3)4/h6-11H,5H2,1-4H3/b11-10+. The van der Waals surface area contributed by atoms with E-state index in [0.717, 1.165) is 12.0 Å². The van der Waals surface area contributed by atoms with Crippen LogP contribution >= 0.6 is 0 Å². The second-order valence-electron chi connectivity index (χ2n) is 4.92. The number of aryl methyl sites for hydroxylation is 1. The van der Waals surface area contributed by atoms with Gasteiger partial charge in [-0.25, -0.2) is 4.79 Å². The van der Waals surface area contributed by atoms with Crippen molar-refractivity contribution in [3.63, 3.8) is 0 Å². The molecule has 2 heteroatoms. The Labute approximate surface area is 103 Å². The number of rotatable bonds is 3. The monoisotopic (exact) mass is 232 g/mol. The summed E-state index contributed by atoms with van der Waals surface area (Å²) in [6, 6.07) is 8.03. The van der Waals surface area contributed by atoms with Crippen LogP contribution in [0.1, 0.15) is 38.8 Å². The van der Waals surface area contributed by atoms with Crippen LogP contribution in [0.4, 0.5) is 0 Å². The Bertz CT molecular complexity index is 411. The lowest BCUT2D eigenvalue weighted by Gasteiger charge is -2.17. The fourth-order valence-corrected chi connectivity index (χ4v) is 1.51. The third kappa shape index (κ3) is 4.85. The van der Waals surface area contributed by atoms with Gasteiger partial charge in [-0.05, 0) is 44.4 Å². The van der Waals surface area contributed by atoms with Crippen LogP contribution in [-0.2, 0) is 16.0 Å². The summed E-state index contributed by atoms with van der Waals surface area (Å²) in [7, 11) is 0. The smallest absolute Gasteiger partial charge is 0.331 e. The fraction of sp³-hybridized carbons (Fsp3) is 0.400. The van der Waals surface area contributed by atoms with E-state index in [4.69, 9.17) is 4.74 Å². The molecule has 0 N–H and O–H groups in total. The van der Waals surface area contributed by atoms with E-state index in [9.17, 15) is 4.79 Å². The summed E-state index contributed by atoms with van der Waals surface area (Å²) in [4.78, 5) is 11.5. The summed E-state index contributed by atoms with van der Waals surface area (Å²) in [5, 5.41) is 0. The van der Waals surface area contributed by atoms with Crippen LogP contribution in [0.3, 0.4) is 0 Å². The van der Waals surface area contributed by atoms with E-state index in [0.29, 0.717) is 0 Å². The van der Waals surface area contributed by atoms with E-state index in [1.807, 2.05) is 45.0 Å². The molecule has 0 aromatic heterocycles. The molecule has 0 aliphatic carbocycles. The number of carbonyl (C=O) groups is 1. The number of ether oxygens (including phenoxy) is 1. The summed E-state index contributed by atoms with van der Waals surface area (Å²) >= 11 is 0. The molecule has 2 nitrogen and oxygen atoms in total. The summed E-state index contributed by atoms with van der Waals surface area (Å²) < 4.78 is 5.21. The zero-order chi connectivity index (χ0) is 12.9. The highest BCUT2D eigenvalue weighted by atomic mass is 16.6. The van der Waals surface area contributed by atoms with Crippen molar-refractivity contribution in [3.8, 4) is 0 Å². The van der Waals surface area contributed by atoms with E-state index >= 15 is 0 Å². The normalized spacial score (nSPS) is 11.8. The fourth-order valence-electron chi connectivity index (χ4n) is 1.51. The van der Waals surface area contributed by atoms with Crippen molar-refractivity contribution < 1.29 is 9.53 Å². The van der Waals surface area contributed by atoms with Gasteiger partial charge in [0.25, 0.3) is 0 Å². The average Bonchev–Trinajstić information content (AvgIpc) is 2.24. The minimum absolute atomic E-state index is 0.302. The SMILES string of the molecule is CCc1ccccc1/C=C/C(=O)OC(C)(C)C. The van der Waals surface area contributed by atoms with Crippen LogP contribution in [0.2, 0.25) is 0 Å². The van der Waals surface area contributed by atoms with Gasteiger partial charge in [0.2, 0.25) is 0 Å². The summed E-state index contributed by atoms with van der Waals surface area (Å²) in [5.74, 6) is -0.302. The van der Waals surface area contributed by atoms with Crippen LogP contribution in [0.15, 0.2) is 30.3 Å². The average molecular weight is 232 g/mol. The second-order valence-corrected chi connectivity index (χ2v) is 4.92. The van der Waals surface area contributed by atoms with Crippen LogP contribution in [0.25, 0.3) is 6.08 Å².